The number of methoxy groups -OCH3 is 1. The molecule has 0 bridgehead atoms. The van der Waals surface area contributed by atoms with Crippen LogP contribution in [0.3, 0.4) is 0 Å². The minimum atomic E-state index is -0.713. The Morgan fingerprint density at radius 2 is 1.55 bits per heavy atom. The van der Waals surface area contributed by atoms with E-state index in [1.807, 2.05) is 52.5 Å². The lowest BCUT2D eigenvalue weighted by Crippen LogP contribution is -2.54. The summed E-state index contributed by atoms with van der Waals surface area (Å²) in [6.45, 7) is 33.4. The number of halogens is 2. The van der Waals surface area contributed by atoms with Gasteiger partial charge < -0.3 is 24.6 Å². The Kier molecular flexibility index (Phi) is 32.5. The van der Waals surface area contributed by atoms with Gasteiger partial charge in [0, 0.05) is 55.5 Å². The van der Waals surface area contributed by atoms with Crippen molar-refractivity contribution < 1.29 is 47.6 Å². The molecule has 0 radical (unpaired) electrons. The van der Waals surface area contributed by atoms with E-state index in [9.17, 15) is 33.8 Å². The summed E-state index contributed by atoms with van der Waals surface area (Å²) in [4.78, 5) is 66.0. The van der Waals surface area contributed by atoms with Gasteiger partial charge in [0.05, 0.1) is 18.6 Å². The van der Waals surface area contributed by atoms with Crippen molar-refractivity contribution in [3.63, 3.8) is 0 Å². The first-order valence-electron chi connectivity index (χ1n) is 36.1. The molecule has 5 fully saturated rings. The number of rotatable bonds is 23. The number of fused-ring (bicyclic) bond motifs is 3. The van der Waals surface area contributed by atoms with E-state index in [1.54, 1.807) is 17.9 Å². The van der Waals surface area contributed by atoms with Crippen LogP contribution in [0.15, 0.2) is 48.7 Å². The number of carbonyl (C=O) groups excluding carboxylic acids is 4. The van der Waals surface area contributed by atoms with Gasteiger partial charge in [0.2, 0.25) is 17.7 Å². The fourth-order valence-corrected chi connectivity index (χ4v) is 14.7. The summed E-state index contributed by atoms with van der Waals surface area (Å²) in [6.07, 6.45) is 24.9. The highest BCUT2D eigenvalue weighted by molar-refractivity contribution is 6.07. The number of amides is 3. The molecule has 6 unspecified atom stereocenters. The summed E-state index contributed by atoms with van der Waals surface area (Å²) in [5.74, 6) is 1.75. The topological polar surface area (TPSA) is 188 Å². The molecule has 1 saturated carbocycles. The molecule has 3 amide bonds. The van der Waals surface area contributed by atoms with Gasteiger partial charge >= 0.3 is 6.01 Å². The van der Waals surface area contributed by atoms with Gasteiger partial charge in [-0.3, -0.25) is 39.3 Å². The molecule has 1 aliphatic carbocycles. The van der Waals surface area contributed by atoms with Crippen molar-refractivity contribution in [3.05, 3.63) is 77.0 Å². The van der Waals surface area contributed by atoms with Gasteiger partial charge in [0.15, 0.2) is 5.82 Å². The molecule has 4 aliphatic heterocycles. The molecular weight excluding hydrogens is 1190 g/mol. The lowest BCUT2D eigenvalue weighted by atomic mass is 9.58. The Bertz CT molecular complexity index is 3180. The van der Waals surface area contributed by atoms with Crippen LogP contribution < -0.4 is 19.9 Å². The number of nitrogens with one attached hydrogen (secondary N) is 1. The maximum absolute atomic E-state index is 16.0. The number of aromatic hydroxyl groups is 1. The monoisotopic (exact) mass is 1310 g/mol. The number of phenols is 1. The van der Waals surface area contributed by atoms with Crippen molar-refractivity contribution in [1.29, 1.82) is 0 Å². The van der Waals surface area contributed by atoms with Crippen LogP contribution in [-0.2, 0) is 30.3 Å². The van der Waals surface area contributed by atoms with E-state index < -0.39 is 17.7 Å². The summed E-state index contributed by atoms with van der Waals surface area (Å²) in [5.41, 5.74) is 4.54. The Labute approximate surface area is 562 Å². The Balaban J connectivity index is 0.000000241. The summed E-state index contributed by atoms with van der Waals surface area (Å²) in [5, 5.41) is 24.0. The number of pyridine rings is 1. The highest BCUT2D eigenvalue weighted by Crippen LogP contribution is 2.52. The third-order valence-corrected chi connectivity index (χ3v) is 20.0. The molecule has 4 saturated heterocycles. The minimum absolute atomic E-state index is 0.00531. The number of hydrogen-bond acceptors (Lipinski definition) is 13. The molecule has 3 N–H and O–H groups in total. The molecule has 15 nitrogen and oxygen atoms in total. The fourth-order valence-electron chi connectivity index (χ4n) is 14.7. The molecule has 94 heavy (non-hydrogen) atoms. The summed E-state index contributed by atoms with van der Waals surface area (Å²) in [6, 6.07) is 12.8. The van der Waals surface area contributed by atoms with Crippen LogP contribution in [0.4, 0.5) is 20.3 Å². The van der Waals surface area contributed by atoms with Gasteiger partial charge in [0.25, 0.3) is 6.47 Å². The molecule has 5 aromatic rings. The number of anilines is 2. The van der Waals surface area contributed by atoms with E-state index in [-0.39, 0.29) is 58.8 Å². The van der Waals surface area contributed by atoms with Gasteiger partial charge in [-0.25, -0.2) is 8.78 Å². The number of carbonyl (C=O) groups is 4. The molecule has 10 rings (SSSR count). The highest BCUT2D eigenvalue weighted by Gasteiger charge is 2.41. The second kappa shape index (κ2) is 39.0. The maximum Gasteiger partial charge on any atom is 0.318 e. The first-order chi connectivity index (χ1) is 45.3. The number of aryl methyl sites for hydroxylation is 2. The van der Waals surface area contributed by atoms with Gasteiger partial charge in [0.1, 0.15) is 41.2 Å². The Morgan fingerprint density at radius 3 is 2.16 bits per heavy atom. The number of phenolic OH excluding ortho intramolecular Hbond substituents is 1. The lowest BCUT2D eigenvalue weighted by Gasteiger charge is -2.47. The van der Waals surface area contributed by atoms with Crippen LogP contribution in [0.25, 0.3) is 32.9 Å². The zero-order valence-corrected chi connectivity index (χ0v) is 60.0. The number of aliphatic hydroxyl groups excluding tert-OH is 1. The number of benzene rings is 3. The van der Waals surface area contributed by atoms with Crippen LogP contribution in [-0.4, -0.2) is 112 Å². The van der Waals surface area contributed by atoms with Crippen molar-refractivity contribution in [2.24, 2.45) is 23.2 Å². The first kappa shape index (κ1) is 78.4. The van der Waals surface area contributed by atoms with Gasteiger partial charge in [-0.1, -0.05) is 147 Å². The van der Waals surface area contributed by atoms with E-state index in [1.165, 1.54) is 134 Å². The molecule has 6 heterocycles. The predicted octanol–water partition coefficient (Wildman–Crippen LogP) is 17.5. The zero-order chi connectivity index (χ0) is 69.2. The average Bonchev–Trinajstić information content (AvgIpc) is 0.814. The zero-order valence-electron chi connectivity index (χ0n) is 60.0. The first-order valence-corrected chi connectivity index (χ1v) is 36.1. The number of nitrogens with zero attached hydrogens (tertiary/aromatic N) is 6. The van der Waals surface area contributed by atoms with Crippen molar-refractivity contribution in [2.45, 2.75) is 268 Å². The summed E-state index contributed by atoms with van der Waals surface area (Å²) >= 11 is 0. The molecule has 2 aromatic heterocycles. The van der Waals surface area contributed by atoms with Gasteiger partial charge in [-0.15, -0.1) is 0 Å². The highest BCUT2D eigenvalue weighted by atomic mass is 19.1. The Hall–Kier alpha value is -6.33. The molecule has 17 heteroatoms. The van der Waals surface area contributed by atoms with E-state index in [0.717, 1.165) is 53.3 Å². The van der Waals surface area contributed by atoms with E-state index >= 15 is 4.39 Å². The standard InChI is InChI=1S/C25H24F2N4O3.C25H38N2O3.C14H28.C9H15NO2.2C2H6/c1-3-16-19(26)5-4-13-10-15(33)11-17(20(13)16)22-21(27)23-18(12-28-22)24(30-25(29-23)34-2)31-8-6-14(32)7-9-31;1-6-9-19(11-10-17(4)7-2)20-12-13-21(18(5)16-20)27(24(29)8-3)22-14-15-23(28)26-25(22)30;1-5-8-14(10-13(4)11-14)9-7-12(3)6-2;11-7-12-6-9-4-3-8-2-1-5-10(8)9;2*1-2/h4-5,10-12,14,32-33H,3,6-9H2,1-2H3;12-13,16-17,19,22H,6-11,14-15H2,1-5H3,(H,26,28,30);12-13H,5-11H2,1-4H3;7-9H,1-6H2;2*1-2H3. The molecule has 522 valence electrons. The molecular formula is C77H117F2N7O8. The number of piperidine rings is 2. The fraction of sp³-hybridized carbons (Fsp3) is 0.649. The number of hydrogen-bond donors (Lipinski definition) is 3. The lowest BCUT2D eigenvalue weighted by molar-refractivity contribution is -0.135. The maximum atomic E-state index is 16.0. The van der Waals surface area contributed by atoms with E-state index in [2.05, 4.69) is 85.8 Å². The summed E-state index contributed by atoms with van der Waals surface area (Å²) < 4.78 is 40.7. The normalized spacial score (nSPS) is 20.9. The number of aromatic nitrogens is 3. The van der Waals surface area contributed by atoms with Crippen LogP contribution in [0.2, 0.25) is 0 Å². The third-order valence-electron chi connectivity index (χ3n) is 20.0. The smallest absolute Gasteiger partial charge is 0.318 e. The van der Waals surface area contributed by atoms with Crippen LogP contribution in [0.1, 0.15) is 247 Å². The molecule has 5 aliphatic rings. The SMILES string of the molecule is CC.CC.CCCC(CCC(C)CC)c1ccc(N(C(=O)CC)C2CCC(=O)NC2=O)c(C)c1.CCCC1(CCC(C)CC)CC(C)C1.CCc1c(F)ccc2cc(O)cc(-c3ncc4c(N5CCC(O)CC5)nc(OC)nc4c3F)c12.O=COCC1CCC2CCCN21. The quantitative estimate of drug-likeness (QED) is 0.0414. The van der Waals surface area contributed by atoms with Crippen molar-refractivity contribution >= 4 is 57.4 Å². The molecule has 0 spiro atoms. The number of imide groups is 1. The van der Waals surface area contributed by atoms with Crippen LogP contribution in [0.5, 0.6) is 11.8 Å². The second-order valence-electron chi connectivity index (χ2n) is 26.6. The van der Waals surface area contributed by atoms with Crippen molar-refractivity contribution in [1.82, 2.24) is 25.2 Å². The van der Waals surface area contributed by atoms with E-state index in [0.29, 0.717) is 97.8 Å². The largest absolute Gasteiger partial charge is 0.508 e. The minimum Gasteiger partial charge on any atom is -0.508 e. The third kappa shape index (κ3) is 20.6. The molecule has 3 aromatic carbocycles. The van der Waals surface area contributed by atoms with Crippen molar-refractivity contribution in [2.75, 3.05) is 43.2 Å². The Morgan fingerprint density at radius 1 is 0.851 bits per heavy atom. The second-order valence-corrected chi connectivity index (χ2v) is 26.6. The van der Waals surface area contributed by atoms with Crippen LogP contribution in [0, 0.1) is 41.7 Å². The van der Waals surface area contributed by atoms with Gasteiger partial charge in [-0.05, 0) is 184 Å². The van der Waals surface area contributed by atoms with Gasteiger partial charge in [-0.2, -0.15) is 9.97 Å². The average molecular weight is 1310 g/mol. The number of ether oxygens (including phenoxy) is 2. The molecule has 6 atom stereocenters. The van der Waals surface area contributed by atoms with Crippen LogP contribution >= 0.6 is 0 Å². The summed E-state index contributed by atoms with van der Waals surface area (Å²) in [7, 11) is 1.41. The number of aliphatic hydroxyl groups is 1. The van der Waals surface area contributed by atoms with E-state index in [4.69, 9.17) is 9.47 Å². The van der Waals surface area contributed by atoms with Crippen molar-refractivity contribution in [3.8, 4) is 23.0 Å². The predicted molar refractivity (Wildman–Crippen MR) is 379 cm³/mol.